The largest absolute Gasteiger partial charge is 0.351 e. The van der Waals surface area contributed by atoms with Gasteiger partial charge in [-0.1, -0.05) is 56.3 Å². The molecule has 4 N–H and O–H groups in total. The summed E-state index contributed by atoms with van der Waals surface area (Å²) in [6, 6.07) is 21.6. The fraction of sp³-hybridized carbons (Fsp3) is 0.258. The molecule has 0 bridgehead atoms. The first-order chi connectivity index (χ1) is 19.3. The number of amides is 3. The van der Waals surface area contributed by atoms with E-state index < -0.39 is 17.9 Å². The standard InChI is InChI=1S/C31H33N5O4/c1-20(2)14-27(36-31(40)28-17-23-9-3-4-12-26(23)35-28)30(39)34-19-24(37)18-33-29(38)16-21-8-7-10-22(15-21)25-11-5-6-13-32-25/h3-13,15,17,20,27,35H,14,16,18-19H2,1-2H3,(H,33,38)(H,34,39)(H,36,40)/t27-/m0/s1. The van der Waals surface area contributed by atoms with Gasteiger partial charge in [-0.15, -0.1) is 0 Å². The minimum atomic E-state index is -0.812. The van der Waals surface area contributed by atoms with Crippen molar-refractivity contribution in [2.45, 2.75) is 32.7 Å². The van der Waals surface area contributed by atoms with Crippen molar-refractivity contribution in [2.75, 3.05) is 13.1 Å². The highest BCUT2D eigenvalue weighted by Crippen LogP contribution is 2.18. The lowest BCUT2D eigenvalue weighted by Crippen LogP contribution is -2.49. The molecule has 0 spiro atoms. The second-order valence-corrected chi connectivity index (χ2v) is 10.1. The number of nitrogens with zero attached hydrogens (tertiary/aromatic N) is 1. The number of pyridine rings is 1. The van der Waals surface area contributed by atoms with E-state index in [4.69, 9.17) is 0 Å². The van der Waals surface area contributed by atoms with Gasteiger partial charge >= 0.3 is 0 Å². The molecule has 1 atom stereocenters. The molecule has 0 radical (unpaired) electrons. The predicted octanol–water partition coefficient (Wildman–Crippen LogP) is 3.42. The highest BCUT2D eigenvalue weighted by molar-refractivity contribution is 6.00. The van der Waals surface area contributed by atoms with Gasteiger partial charge in [0.05, 0.1) is 25.2 Å². The Hall–Kier alpha value is -4.79. The third-order valence-corrected chi connectivity index (χ3v) is 6.30. The first-order valence-corrected chi connectivity index (χ1v) is 13.2. The predicted molar refractivity (Wildman–Crippen MR) is 153 cm³/mol. The number of aromatic amines is 1. The maximum atomic E-state index is 12.9. The highest BCUT2D eigenvalue weighted by Gasteiger charge is 2.24. The number of carbonyl (C=O) groups is 4. The zero-order chi connectivity index (χ0) is 28.5. The molecule has 9 nitrogen and oxygen atoms in total. The van der Waals surface area contributed by atoms with Gasteiger partial charge in [0.25, 0.3) is 5.91 Å². The summed E-state index contributed by atoms with van der Waals surface area (Å²) in [6.45, 7) is 3.42. The molecule has 0 fully saturated rings. The van der Waals surface area contributed by atoms with E-state index in [1.807, 2.05) is 80.6 Å². The van der Waals surface area contributed by atoms with Crippen LogP contribution in [-0.4, -0.2) is 52.6 Å². The summed E-state index contributed by atoms with van der Waals surface area (Å²) in [5, 5.41) is 8.88. The number of hydrogen-bond acceptors (Lipinski definition) is 5. The lowest BCUT2D eigenvalue weighted by atomic mass is 10.0. The van der Waals surface area contributed by atoms with Crippen LogP contribution in [0, 0.1) is 5.92 Å². The molecule has 3 amide bonds. The molecule has 2 aromatic heterocycles. The Balaban J connectivity index is 1.25. The van der Waals surface area contributed by atoms with Crippen molar-refractivity contribution in [2.24, 2.45) is 5.92 Å². The monoisotopic (exact) mass is 539 g/mol. The molecule has 0 saturated carbocycles. The molecular weight excluding hydrogens is 506 g/mol. The van der Waals surface area contributed by atoms with Crippen LogP contribution < -0.4 is 16.0 Å². The normalized spacial score (nSPS) is 11.7. The van der Waals surface area contributed by atoms with Crippen LogP contribution >= 0.6 is 0 Å². The van der Waals surface area contributed by atoms with Gasteiger partial charge in [-0.2, -0.15) is 0 Å². The Morgan fingerprint density at radius 1 is 0.875 bits per heavy atom. The number of H-pyrrole nitrogens is 1. The van der Waals surface area contributed by atoms with Crippen LogP contribution in [-0.2, 0) is 20.8 Å². The van der Waals surface area contributed by atoms with Gasteiger partial charge < -0.3 is 20.9 Å². The molecule has 0 aliphatic heterocycles. The van der Waals surface area contributed by atoms with Crippen molar-refractivity contribution in [1.82, 2.24) is 25.9 Å². The second kappa shape index (κ2) is 13.3. The average molecular weight is 540 g/mol. The first kappa shape index (κ1) is 28.2. The molecule has 40 heavy (non-hydrogen) atoms. The summed E-state index contributed by atoms with van der Waals surface area (Å²) < 4.78 is 0. The molecule has 0 saturated heterocycles. The highest BCUT2D eigenvalue weighted by atomic mass is 16.2. The average Bonchev–Trinajstić information content (AvgIpc) is 3.39. The number of nitrogens with one attached hydrogen (secondary N) is 4. The molecule has 2 heterocycles. The Morgan fingerprint density at radius 2 is 1.65 bits per heavy atom. The van der Waals surface area contributed by atoms with Crippen LogP contribution in [0.5, 0.6) is 0 Å². The van der Waals surface area contributed by atoms with E-state index in [9.17, 15) is 19.2 Å². The summed E-state index contributed by atoms with van der Waals surface area (Å²) in [7, 11) is 0. The maximum absolute atomic E-state index is 12.9. The molecule has 4 rings (SSSR count). The quantitative estimate of drug-likeness (QED) is 0.219. The van der Waals surface area contributed by atoms with Crippen molar-refractivity contribution in [3.63, 3.8) is 0 Å². The van der Waals surface area contributed by atoms with E-state index in [1.165, 1.54) is 0 Å². The van der Waals surface area contributed by atoms with E-state index in [0.717, 1.165) is 27.7 Å². The maximum Gasteiger partial charge on any atom is 0.268 e. The van der Waals surface area contributed by atoms with Gasteiger partial charge in [0.2, 0.25) is 11.8 Å². The van der Waals surface area contributed by atoms with Crippen molar-refractivity contribution in [3.8, 4) is 11.3 Å². The van der Waals surface area contributed by atoms with Gasteiger partial charge in [0.1, 0.15) is 11.7 Å². The number of carbonyl (C=O) groups excluding carboxylic acids is 4. The minimum Gasteiger partial charge on any atom is -0.351 e. The molecule has 0 unspecified atom stereocenters. The number of fused-ring (bicyclic) bond motifs is 1. The summed E-state index contributed by atoms with van der Waals surface area (Å²) in [4.78, 5) is 57.9. The van der Waals surface area contributed by atoms with Crippen molar-refractivity contribution in [3.05, 3.63) is 90.3 Å². The number of benzene rings is 2. The smallest absolute Gasteiger partial charge is 0.268 e. The summed E-state index contributed by atoms with van der Waals surface area (Å²) in [5.74, 6) is -1.38. The zero-order valence-corrected chi connectivity index (χ0v) is 22.6. The third kappa shape index (κ3) is 7.86. The topological polar surface area (TPSA) is 133 Å². The number of aromatic nitrogens is 2. The molecule has 206 valence electrons. The number of ketones is 1. The van der Waals surface area contributed by atoms with Crippen molar-refractivity contribution in [1.29, 1.82) is 0 Å². The van der Waals surface area contributed by atoms with Crippen molar-refractivity contribution >= 4 is 34.4 Å². The van der Waals surface area contributed by atoms with Crippen LogP contribution in [0.3, 0.4) is 0 Å². The van der Waals surface area contributed by atoms with E-state index >= 15 is 0 Å². The molecule has 4 aromatic rings. The number of para-hydroxylation sites is 1. The van der Waals surface area contributed by atoms with Crippen LogP contribution in [0.1, 0.15) is 36.3 Å². The van der Waals surface area contributed by atoms with Crippen LogP contribution in [0.2, 0.25) is 0 Å². The Labute approximate surface area is 232 Å². The number of Topliss-reactive ketones (excluding diaryl/α,β-unsaturated/α-hetero) is 1. The number of hydrogen-bond donors (Lipinski definition) is 4. The minimum absolute atomic E-state index is 0.108. The van der Waals surface area contributed by atoms with Crippen LogP contribution in [0.25, 0.3) is 22.2 Å². The summed E-state index contributed by atoms with van der Waals surface area (Å²) >= 11 is 0. The molecule has 0 aliphatic rings. The van der Waals surface area contributed by atoms with Crippen LogP contribution in [0.15, 0.2) is 79.0 Å². The Morgan fingerprint density at radius 3 is 2.40 bits per heavy atom. The van der Waals surface area contributed by atoms with Gasteiger partial charge in [-0.3, -0.25) is 24.2 Å². The molecule has 0 aliphatic carbocycles. The fourth-order valence-corrected chi connectivity index (χ4v) is 4.33. The van der Waals surface area contributed by atoms with E-state index in [1.54, 1.807) is 12.3 Å². The van der Waals surface area contributed by atoms with Gasteiger partial charge in [0.15, 0.2) is 5.78 Å². The van der Waals surface area contributed by atoms with Gasteiger partial charge in [0, 0.05) is 22.7 Å². The number of rotatable bonds is 12. The molecule has 9 heteroatoms. The third-order valence-electron chi connectivity index (χ3n) is 6.30. The zero-order valence-electron chi connectivity index (χ0n) is 22.6. The van der Waals surface area contributed by atoms with Crippen molar-refractivity contribution < 1.29 is 19.2 Å². The van der Waals surface area contributed by atoms with E-state index in [-0.39, 0.29) is 37.1 Å². The van der Waals surface area contributed by atoms with E-state index in [0.29, 0.717) is 12.1 Å². The SMILES string of the molecule is CC(C)C[C@H](NC(=O)c1cc2ccccc2[nH]1)C(=O)NCC(=O)CNC(=O)Cc1cccc(-c2ccccn2)c1. The molecule has 2 aromatic carbocycles. The van der Waals surface area contributed by atoms with Gasteiger partial charge in [-0.25, -0.2) is 0 Å². The summed E-state index contributed by atoms with van der Waals surface area (Å²) in [5.41, 5.74) is 3.68. The first-order valence-electron chi connectivity index (χ1n) is 13.2. The van der Waals surface area contributed by atoms with Crippen LogP contribution in [0.4, 0.5) is 0 Å². The fourth-order valence-electron chi connectivity index (χ4n) is 4.33. The lowest BCUT2D eigenvalue weighted by Gasteiger charge is -2.19. The van der Waals surface area contributed by atoms with Gasteiger partial charge in [-0.05, 0) is 48.2 Å². The second-order valence-electron chi connectivity index (χ2n) is 10.1. The molecular formula is C31H33N5O4. The Kier molecular flexibility index (Phi) is 9.40. The summed E-state index contributed by atoms with van der Waals surface area (Å²) in [6.07, 6.45) is 2.22. The van der Waals surface area contributed by atoms with E-state index in [2.05, 4.69) is 25.9 Å². The Bertz CT molecular complexity index is 1460. The lowest BCUT2D eigenvalue weighted by molar-refractivity contribution is -0.127.